The minimum absolute atomic E-state index is 0.0339. The Balaban J connectivity index is 2.14. The van der Waals surface area contributed by atoms with Crippen LogP contribution in [0.4, 0.5) is 4.39 Å². The van der Waals surface area contributed by atoms with Gasteiger partial charge in [-0.15, -0.1) is 0 Å². The monoisotopic (exact) mass is 369 g/mol. The SMILES string of the molecule is COc1ccc(C(O)CNS(=O)(=O)c2ccc(F)cc2C)cc1OC. The van der Waals surface area contributed by atoms with E-state index in [9.17, 15) is 17.9 Å². The zero-order chi connectivity index (χ0) is 18.6. The molecule has 0 fully saturated rings. The van der Waals surface area contributed by atoms with Gasteiger partial charge in [0.25, 0.3) is 0 Å². The third-order valence-electron chi connectivity index (χ3n) is 3.69. The third kappa shape index (κ3) is 4.47. The number of methoxy groups -OCH3 is 2. The molecule has 0 aliphatic carbocycles. The Morgan fingerprint density at radius 3 is 2.40 bits per heavy atom. The van der Waals surface area contributed by atoms with Crippen molar-refractivity contribution in [2.45, 2.75) is 17.9 Å². The van der Waals surface area contributed by atoms with E-state index in [4.69, 9.17) is 9.47 Å². The molecule has 2 aromatic rings. The summed E-state index contributed by atoms with van der Waals surface area (Å²) in [6, 6.07) is 8.21. The number of rotatable bonds is 7. The quantitative estimate of drug-likeness (QED) is 0.781. The molecule has 0 aromatic heterocycles. The summed E-state index contributed by atoms with van der Waals surface area (Å²) >= 11 is 0. The summed E-state index contributed by atoms with van der Waals surface area (Å²) in [5.74, 6) is 0.416. The first-order valence-electron chi connectivity index (χ1n) is 7.44. The Morgan fingerprint density at radius 2 is 1.80 bits per heavy atom. The van der Waals surface area contributed by atoms with Crippen molar-refractivity contribution in [1.29, 1.82) is 0 Å². The van der Waals surface area contributed by atoms with Gasteiger partial charge in [0.1, 0.15) is 5.82 Å². The number of hydrogen-bond donors (Lipinski definition) is 2. The highest BCUT2D eigenvalue weighted by molar-refractivity contribution is 7.89. The van der Waals surface area contributed by atoms with Crippen molar-refractivity contribution in [3.05, 3.63) is 53.3 Å². The maximum Gasteiger partial charge on any atom is 0.240 e. The van der Waals surface area contributed by atoms with Crippen LogP contribution < -0.4 is 14.2 Å². The first kappa shape index (κ1) is 19.2. The molecular weight excluding hydrogens is 349 g/mol. The molecule has 8 heteroatoms. The molecule has 0 spiro atoms. The predicted octanol–water partition coefficient (Wildman–Crippen LogP) is 2.16. The average molecular weight is 369 g/mol. The maximum atomic E-state index is 13.1. The summed E-state index contributed by atoms with van der Waals surface area (Å²) in [6.45, 7) is 1.26. The van der Waals surface area contributed by atoms with Crippen LogP contribution in [-0.2, 0) is 10.0 Å². The van der Waals surface area contributed by atoms with Gasteiger partial charge in [-0.05, 0) is 48.4 Å². The molecule has 0 amide bonds. The first-order chi connectivity index (χ1) is 11.8. The zero-order valence-electron chi connectivity index (χ0n) is 14.1. The molecule has 25 heavy (non-hydrogen) atoms. The van der Waals surface area contributed by atoms with Crippen molar-refractivity contribution in [2.24, 2.45) is 0 Å². The second-order valence-electron chi connectivity index (χ2n) is 5.39. The molecular formula is C17H20FNO5S. The van der Waals surface area contributed by atoms with Gasteiger partial charge in [0, 0.05) is 6.54 Å². The van der Waals surface area contributed by atoms with Crippen LogP contribution in [0.2, 0.25) is 0 Å². The maximum absolute atomic E-state index is 13.1. The fourth-order valence-electron chi connectivity index (χ4n) is 2.36. The van der Waals surface area contributed by atoms with Gasteiger partial charge < -0.3 is 14.6 Å². The lowest BCUT2D eigenvalue weighted by Gasteiger charge is -2.15. The van der Waals surface area contributed by atoms with E-state index < -0.39 is 21.9 Å². The number of aryl methyl sites for hydroxylation is 1. The van der Waals surface area contributed by atoms with E-state index in [1.165, 1.54) is 27.2 Å². The Morgan fingerprint density at radius 1 is 1.12 bits per heavy atom. The summed E-state index contributed by atoms with van der Waals surface area (Å²) < 4.78 is 50.4. The molecule has 0 heterocycles. The number of benzene rings is 2. The van der Waals surface area contributed by atoms with E-state index in [-0.39, 0.29) is 17.0 Å². The van der Waals surface area contributed by atoms with E-state index in [0.717, 1.165) is 12.1 Å². The molecule has 0 bridgehead atoms. The van der Waals surface area contributed by atoms with Gasteiger partial charge in [-0.2, -0.15) is 0 Å². The molecule has 136 valence electrons. The van der Waals surface area contributed by atoms with Crippen molar-refractivity contribution in [2.75, 3.05) is 20.8 Å². The number of nitrogens with one attached hydrogen (secondary N) is 1. The Bertz CT molecular complexity index is 854. The van der Waals surface area contributed by atoms with E-state index in [0.29, 0.717) is 17.1 Å². The van der Waals surface area contributed by atoms with Gasteiger partial charge in [-0.25, -0.2) is 17.5 Å². The smallest absolute Gasteiger partial charge is 0.240 e. The van der Waals surface area contributed by atoms with Crippen LogP contribution in [0, 0.1) is 12.7 Å². The summed E-state index contributed by atoms with van der Waals surface area (Å²) in [4.78, 5) is -0.0339. The largest absolute Gasteiger partial charge is 0.493 e. The van der Waals surface area contributed by atoms with Crippen molar-refractivity contribution >= 4 is 10.0 Å². The Hall–Kier alpha value is -2.16. The summed E-state index contributed by atoms with van der Waals surface area (Å²) in [5, 5.41) is 10.2. The first-order valence-corrected chi connectivity index (χ1v) is 8.92. The standard InChI is InChI=1S/C17H20FNO5S/c1-11-8-13(18)5-7-17(11)25(21,22)19-10-14(20)12-4-6-15(23-2)16(9-12)24-3/h4-9,14,19-20H,10H2,1-3H3. The van der Waals surface area contributed by atoms with Crippen LogP contribution in [0.3, 0.4) is 0 Å². The van der Waals surface area contributed by atoms with E-state index in [1.807, 2.05) is 0 Å². The molecule has 2 rings (SSSR count). The number of aliphatic hydroxyl groups is 1. The normalized spacial score (nSPS) is 12.7. The minimum atomic E-state index is -3.87. The second-order valence-corrected chi connectivity index (χ2v) is 7.13. The lowest BCUT2D eigenvalue weighted by Crippen LogP contribution is -2.29. The predicted molar refractivity (Wildman–Crippen MR) is 90.8 cm³/mol. The molecule has 0 saturated carbocycles. The topological polar surface area (TPSA) is 84.9 Å². The van der Waals surface area contributed by atoms with Gasteiger partial charge in [-0.3, -0.25) is 0 Å². The van der Waals surface area contributed by atoms with Crippen LogP contribution in [0.5, 0.6) is 11.5 Å². The number of aliphatic hydroxyl groups excluding tert-OH is 1. The van der Waals surface area contributed by atoms with Crippen LogP contribution >= 0.6 is 0 Å². The molecule has 1 atom stereocenters. The fourth-order valence-corrected chi connectivity index (χ4v) is 3.62. The average Bonchev–Trinajstić information content (AvgIpc) is 2.58. The van der Waals surface area contributed by atoms with E-state index >= 15 is 0 Å². The summed E-state index contributed by atoms with van der Waals surface area (Å²) in [7, 11) is -0.912. The van der Waals surface area contributed by atoms with Crippen LogP contribution in [-0.4, -0.2) is 34.3 Å². The summed E-state index contributed by atoms with van der Waals surface area (Å²) in [6.07, 6.45) is -1.09. The molecule has 6 nitrogen and oxygen atoms in total. The molecule has 2 N–H and O–H groups in total. The van der Waals surface area contributed by atoms with Crippen molar-refractivity contribution in [3.8, 4) is 11.5 Å². The van der Waals surface area contributed by atoms with Crippen LogP contribution in [0.25, 0.3) is 0 Å². The highest BCUT2D eigenvalue weighted by Gasteiger charge is 2.20. The van der Waals surface area contributed by atoms with E-state index in [1.54, 1.807) is 18.2 Å². The number of sulfonamides is 1. The van der Waals surface area contributed by atoms with Crippen molar-refractivity contribution in [3.63, 3.8) is 0 Å². The molecule has 2 aromatic carbocycles. The second kappa shape index (κ2) is 7.81. The fraction of sp³-hybridized carbons (Fsp3) is 0.294. The lowest BCUT2D eigenvalue weighted by molar-refractivity contribution is 0.181. The Labute approximate surface area is 146 Å². The van der Waals surface area contributed by atoms with Crippen molar-refractivity contribution in [1.82, 2.24) is 4.72 Å². The Kier molecular flexibility index (Phi) is 5.99. The van der Waals surface area contributed by atoms with Gasteiger partial charge in [-0.1, -0.05) is 6.07 Å². The molecule has 0 saturated heterocycles. The number of halogens is 1. The van der Waals surface area contributed by atoms with Gasteiger partial charge >= 0.3 is 0 Å². The summed E-state index contributed by atoms with van der Waals surface area (Å²) in [5.41, 5.74) is 0.754. The molecule has 0 radical (unpaired) electrons. The number of ether oxygens (including phenoxy) is 2. The molecule has 0 aliphatic rings. The molecule has 0 aliphatic heterocycles. The zero-order valence-corrected chi connectivity index (χ0v) is 14.9. The minimum Gasteiger partial charge on any atom is -0.493 e. The van der Waals surface area contributed by atoms with E-state index in [2.05, 4.69) is 4.72 Å². The van der Waals surface area contributed by atoms with Gasteiger partial charge in [0.2, 0.25) is 10.0 Å². The van der Waals surface area contributed by atoms with Gasteiger partial charge in [0.05, 0.1) is 25.2 Å². The van der Waals surface area contributed by atoms with Crippen LogP contribution in [0.15, 0.2) is 41.3 Å². The lowest BCUT2D eigenvalue weighted by atomic mass is 10.1. The highest BCUT2D eigenvalue weighted by atomic mass is 32.2. The highest BCUT2D eigenvalue weighted by Crippen LogP contribution is 2.30. The van der Waals surface area contributed by atoms with Crippen molar-refractivity contribution < 1.29 is 27.4 Å². The van der Waals surface area contributed by atoms with Crippen LogP contribution in [0.1, 0.15) is 17.2 Å². The third-order valence-corrected chi connectivity index (χ3v) is 5.27. The number of hydrogen-bond acceptors (Lipinski definition) is 5. The van der Waals surface area contributed by atoms with Gasteiger partial charge in [0.15, 0.2) is 11.5 Å². The molecule has 1 unspecified atom stereocenters.